The Bertz CT molecular complexity index is 573. The van der Waals surface area contributed by atoms with Crippen molar-refractivity contribution in [1.82, 2.24) is 15.4 Å². The highest BCUT2D eigenvalue weighted by atomic mass is 35.5. The largest absolute Gasteiger partial charge is 0.493 e. The molecule has 5 nitrogen and oxygen atoms in total. The van der Waals surface area contributed by atoms with Crippen LogP contribution in [0, 0.1) is 0 Å². The molecule has 0 saturated heterocycles. The number of benzene rings is 1. The van der Waals surface area contributed by atoms with Crippen LogP contribution in [0.1, 0.15) is 37.9 Å². The number of aromatic nitrogens is 3. The highest BCUT2D eigenvalue weighted by Crippen LogP contribution is 2.37. The Morgan fingerprint density at radius 2 is 1.90 bits per heavy atom. The Morgan fingerprint density at radius 3 is 2.52 bits per heavy atom. The molecule has 1 heterocycles. The van der Waals surface area contributed by atoms with Crippen LogP contribution >= 0.6 is 11.6 Å². The molecule has 1 aromatic heterocycles. The summed E-state index contributed by atoms with van der Waals surface area (Å²) in [7, 11) is 0. The maximum absolute atomic E-state index is 6.29. The molecule has 6 heteroatoms. The van der Waals surface area contributed by atoms with Crippen molar-refractivity contribution in [2.75, 3.05) is 13.2 Å². The molecule has 2 rings (SSSR count). The smallest absolute Gasteiger partial charge is 0.141 e. The molecule has 0 aliphatic rings. The van der Waals surface area contributed by atoms with E-state index >= 15 is 0 Å². The van der Waals surface area contributed by atoms with Crippen LogP contribution < -0.4 is 9.47 Å². The molecule has 114 valence electrons. The number of hydrogen-bond acceptors (Lipinski definition) is 4. The van der Waals surface area contributed by atoms with Crippen LogP contribution in [0.3, 0.4) is 0 Å². The number of aromatic amines is 1. The molecule has 21 heavy (non-hydrogen) atoms. The normalized spacial score (nSPS) is 12.2. The number of nitrogens with zero attached hydrogens (tertiary/aromatic N) is 2. The van der Waals surface area contributed by atoms with E-state index < -0.39 is 0 Å². The summed E-state index contributed by atoms with van der Waals surface area (Å²) in [6.07, 6.45) is 2.49. The van der Waals surface area contributed by atoms with Crippen molar-refractivity contribution in [2.24, 2.45) is 0 Å². The topological polar surface area (TPSA) is 60.0 Å². The number of halogens is 1. The van der Waals surface area contributed by atoms with Gasteiger partial charge in [0.25, 0.3) is 0 Å². The summed E-state index contributed by atoms with van der Waals surface area (Å²) in [5.74, 6) is 1.67. The number of rotatable bonds is 7. The summed E-state index contributed by atoms with van der Waals surface area (Å²) in [6, 6.07) is 3.78. The van der Waals surface area contributed by atoms with Gasteiger partial charge < -0.3 is 9.47 Å². The summed E-state index contributed by atoms with van der Waals surface area (Å²) in [5.41, 5.74) is 1.96. The second-order valence-corrected chi connectivity index (χ2v) is 5.16. The zero-order valence-electron chi connectivity index (χ0n) is 12.5. The number of hydrogen-bond donors (Lipinski definition) is 1. The summed E-state index contributed by atoms with van der Waals surface area (Å²) in [6.45, 7) is 7.16. The van der Waals surface area contributed by atoms with Gasteiger partial charge in [-0.15, -0.1) is 0 Å². The average molecular weight is 310 g/mol. The third-order valence-electron chi connectivity index (χ3n) is 3.18. The van der Waals surface area contributed by atoms with Crippen LogP contribution in [-0.4, -0.2) is 28.6 Å². The van der Waals surface area contributed by atoms with Crippen LogP contribution in [0.5, 0.6) is 11.5 Å². The molecule has 0 bridgehead atoms. The van der Waals surface area contributed by atoms with Crippen LogP contribution in [-0.2, 0) is 6.42 Å². The highest BCUT2D eigenvalue weighted by Gasteiger charge is 2.17. The van der Waals surface area contributed by atoms with E-state index in [4.69, 9.17) is 21.1 Å². The van der Waals surface area contributed by atoms with Gasteiger partial charge in [0.1, 0.15) is 11.5 Å². The fourth-order valence-corrected chi connectivity index (χ4v) is 2.46. The second-order valence-electron chi connectivity index (χ2n) is 4.75. The maximum atomic E-state index is 6.29. The molecule has 0 fully saturated rings. The first-order valence-electron chi connectivity index (χ1n) is 7.09. The molecule has 1 unspecified atom stereocenters. The fourth-order valence-electron chi connectivity index (χ4n) is 2.23. The van der Waals surface area contributed by atoms with Gasteiger partial charge in [0.2, 0.25) is 0 Å². The van der Waals surface area contributed by atoms with Gasteiger partial charge in [0, 0.05) is 6.07 Å². The van der Waals surface area contributed by atoms with Crippen LogP contribution in [0.2, 0.25) is 5.02 Å². The van der Waals surface area contributed by atoms with Gasteiger partial charge in [-0.2, -0.15) is 15.4 Å². The standard InChI is InChI=1S/C15H20ClN3O2/c1-4-20-14-8-15(21-5-2)13(16)7-12(14)10(3)6-11-9-17-19-18-11/h7-10H,4-6H2,1-3H3,(H,17,18,19). The number of ether oxygens (including phenoxy) is 2. The zero-order valence-corrected chi connectivity index (χ0v) is 13.3. The lowest BCUT2D eigenvalue weighted by Gasteiger charge is -2.18. The van der Waals surface area contributed by atoms with Crippen LogP contribution in [0.4, 0.5) is 0 Å². The Kier molecular flexibility index (Phi) is 5.44. The Labute approximate surface area is 129 Å². The van der Waals surface area contributed by atoms with E-state index in [2.05, 4.69) is 22.3 Å². The van der Waals surface area contributed by atoms with E-state index in [0.717, 1.165) is 23.4 Å². The molecule has 1 aromatic carbocycles. The summed E-state index contributed by atoms with van der Waals surface area (Å²) < 4.78 is 11.3. The molecule has 0 spiro atoms. The lowest BCUT2D eigenvalue weighted by Crippen LogP contribution is -2.05. The van der Waals surface area contributed by atoms with Crippen LogP contribution in [0.25, 0.3) is 0 Å². The van der Waals surface area contributed by atoms with E-state index in [9.17, 15) is 0 Å². The first-order chi connectivity index (χ1) is 10.2. The lowest BCUT2D eigenvalue weighted by atomic mass is 9.95. The predicted molar refractivity (Wildman–Crippen MR) is 82.3 cm³/mol. The van der Waals surface area contributed by atoms with E-state index in [0.29, 0.717) is 24.0 Å². The summed E-state index contributed by atoms with van der Waals surface area (Å²) in [4.78, 5) is 0. The number of H-pyrrole nitrogens is 1. The van der Waals surface area contributed by atoms with Gasteiger partial charge >= 0.3 is 0 Å². The monoisotopic (exact) mass is 309 g/mol. The molecule has 0 aliphatic heterocycles. The minimum absolute atomic E-state index is 0.213. The first kappa shape index (κ1) is 15.6. The number of nitrogens with one attached hydrogen (secondary N) is 1. The second kappa shape index (κ2) is 7.31. The molecule has 0 aliphatic carbocycles. The zero-order chi connectivity index (χ0) is 15.2. The molecule has 0 saturated carbocycles. The minimum Gasteiger partial charge on any atom is -0.493 e. The van der Waals surface area contributed by atoms with E-state index in [1.54, 1.807) is 6.20 Å². The third-order valence-corrected chi connectivity index (χ3v) is 3.47. The van der Waals surface area contributed by atoms with Crippen molar-refractivity contribution in [3.05, 3.63) is 34.6 Å². The lowest BCUT2D eigenvalue weighted by molar-refractivity contribution is 0.319. The minimum atomic E-state index is 0.213. The average Bonchev–Trinajstić information content (AvgIpc) is 2.95. The van der Waals surface area contributed by atoms with Gasteiger partial charge in [-0.25, -0.2) is 0 Å². The van der Waals surface area contributed by atoms with Crippen LogP contribution in [0.15, 0.2) is 18.3 Å². The fraction of sp³-hybridized carbons (Fsp3) is 0.467. The van der Waals surface area contributed by atoms with Gasteiger partial charge in [-0.1, -0.05) is 18.5 Å². The summed E-state index contributed by atoms with van der Waals surface area (Å²) >= 11 is 6.29. The third kappa shape index (κ3) is 3.88. The molecule has 1 atom stereocenters. The van der Waals surface area contributed by atoms with E-state index in [1.807, 2.05) is 26.0 Å². The van der Waals surface area contributed by atoms with Gasteiger partial charge in [0.05, 0.1) is 30.1 Å². The van der Waals surface area contributed by atoms with Crippen molar-refractivity contribution in [3.8, 4) is 11.5 Å². The highest BCUT2D eigenvalue weighted by molar-refractivity contribution is 6.32. The van der Waals surface area contributed by atoms with Crippen molar-refractivity contribution in [2.45, 2.75) is 33.1 Å². The predicted octanol–water partition coefficient (Wildman–Crippen LogP) is 3.60. The molecule has 2 aromatic rings. The van der Waals surface area contributed by atoms with Crippen molar-refractivity contribution in [1.29, 1.82) is 0 Å². The quantitative estimate of drug-likeness (QED) is 0.849. The van der Waals surface area contributed by atoms with E-state index in [-0.39, 0.29) is 5.92 Å². The van der Waals surface area contributed by atoms with Gasteiger partial charge in [0.15, 0.2) is 0 Å². The van der Waals surface area contributed by atoms with Gasteiger partial charge in [-0.3, -0.25) is 0 Å². The van der Waals surface area contributed by atoms with Gasteiger partial charge in [-0.05, 0) is 37.8 Å². The van der Waals surface area contributed by atoms with Crippen molar-refractivity contribution >= 4 is 11.6 Å². The summed E-state index contributed by atoms with van der Waals surface area (Å²) in [5, 5.41) is 11.1. The molecular formula is C15H20ClN3O2. The van der Waals surface area contributed by atoms with Crippen molar-refractivity contribution < 1.29 is 9.47 Å². The Morgan fingerprint density at radius 1 is 1.19 bits per heavy atom. The SMILES string of the molecule is CCOc1cc(OCC)c(C(C)Cc2cn[nH]n2)cc1Cl. The molecule has 0 radical (unpaired) electrons. The maximum Gasteiger partial charge on any atom is 0.141 e. The molecule has 1 N–H and O–H groups in total. The van der Waals surface area contributed by atoms with Crippen molar-refractivity contribution in [3.63, 3.8) is 0 Å². The Hall–Kier alpha value is -1.75. The molecular weight excluding hydrogens is 290 g/mol. The molecule has 0 amide bonds. The van der Waals surface area contributed by atoms with E-state index in [1.165, 1.54) is 0 Å². The Balaban J connectivity index is 2.29. The first-order valence-corrected chi connectivity index (χ1v) is 7.47.